The molecule has 2 saturated heterocycles. The molecule has 1 aromatic carbocycles. The molecule has 0 atom stereocenters. The summed E-state index contributed by atoms with van der Waals surface area (Å²) in [5.41, 5.74) is 0.0112. The molecular formula is C25H36N4O4. The van der Waals surface area contributed by atoms with Crippen molar-refractivity contribution in [3.8, 4) is 0 Å². The zero-order valence-corrected chi connectivity index (χ0v) is 19.5. The molecule has 5 rings (SSSR count). The molecule has 8 heteroatoms. The van der Waals surface area contributed by atoms with Gasteiger partial charge in [0.25, 0.3) is 0 Å². The minimum Gasteiger partial charge on any atom is -0.388 e. The Morgan fingerprint density at radius 1 is 1.12 bits per heavy atom. The molecule has 3 N–H and O–H groups in total. The third-order valence-corrected chi connectivity index (χ3v) is 8.47. The van der Waals surface area contributed by atoms with Gasteiger partial charge in [-0.15, -0.1) is 0 Å². The van der Waals surface area contributed by atoms with E-state index < -0.39 is 5.60 Å². The Kier molecular flexibility index (Phi) is 5.87. The highest BCUT2D eigenvalue weighted by atomic mass is 16.5. The van der Waals surface area contributed by atoms with Crippen LogP contribution in [0.25, 0.3) is 0 Å². The van der Waals surface area contributed by atoms with Gasteiger partial charge in [0.15, 0.2) is 0 Å². The summed E-state index contributed by atoms with van der Waals surface area (Å²) < 4.78 is 5.14. The predicted octanol–water partition coefficient (Wildman–Crippen LogP) is 1.58. The monoisotopic (exact) mass is 456 g/mol. The van der Waals surface area contributed by atoms with Gasteiger partial charge < -0.3 is 30.3 Å². The van der Waals surface area contributed by atoms with Gasteiger partial charge in [-0.1, -0.05) is 30.3 Å². The van der Waals surface area contributed by atoms with E-state index in [0.29, 0.717) is 26.3 Å². The first-order valence-electron chi connectivity index (χ1n) is 12.3. The second-order valence-electron chi connectivity index (χ2n) is 10.5. The van der Waals surface area contributed by atoms with Crippen molar-refractivity contribution < 1.29 is 19.4 Å². The molecular weight excluding hydrogens is 420 g/mol. The SMILES string of the molecule is CN[C@]1(c2ccccc2)CC[C@@]2(CC1)CN(CC(=O)NC1COC1)C(=O)N2CC1(O)CCC1. The summed E-state index contributed by atoms with van der Waals surface area (Å²) in [6, 6.07) is 10.5. The van der Waals surface area contributed by atoms with Crippen LogP contribution in [-0.4, -0.2) is 83.9 Å². The van der Waals surface area contributed by atoms with E-state index in [9.17, 15) is 14.7 Å². The van der Waals surface area contributed by atoms with Crippen LogP contribution >= 0.6 is 0 Å². The molecule has 0 aromatic heterocycles. The first kappa shape index (κ1) is 22.6. The Morgan fingerprint density at radius 3 is 2.36 bits per heavy atom. The molecule has 2 heterocycles. The van der Waals surface area contributed by atoms with E-state index in [-0.39, 0.29) is 35.6 Å². The number of nitrogens with one attached hydrogen (secondary N) is 2. The molecule has 2 saturated carbocycles. The van der Waals surface area contributed by atoms with Crippen LogP contribution in [0, 0.1) is 0 Å². The molecule has 1 spiro atoms. The van der Waals surface area contributed by atoms with Gasteiger partial charge in [0, 0.05) is 12.1 Å². The molecule has 8 nitrogen and oxygen atoms in total. The first-order valence-corrected chi connectivity index (χ1v) is 12.3. The van der Waals surface area contributed by atoms with Gasteiger partial charge in [-0.2, -0.15) is 0 Å². The first-order chi connectivity index (χ1) is 15.9. The molecule has 1 aromatic rings. The molecule has 2 aliphatic heterocycles. The number of nitrogens with zero attached hydrogens (tertiary/aromatic N) is 2. The van der Waals surface area contributed by atoms with Gasteiger partial charge in [0.1, 0.15) is 6.54 Å². The van der Waals surface area contributed by atoms with E-state index >= 15 is 0 Å². The fourth-order valence-electron chi connectivity index (χ4n) is 6.05. The predicted molar refractivity (Wildman–Crippen MR) is 124 cm³/mol. The van der Waals surface area contributed by atoms with Gasteiger partial charge in [0.2, 0.25) is 5.91 Å². The van der Waals surface area contributed by atoms with E-state index in [2.05, 4.69) is 34.9 Å². The normalized spacial score (nSPS) is 31.4. The van der Waals surface area contributed by atoms with Crippen molar-refractivity contribution in [2.75, 3.05) is 39.9 Å². The highest BCUT2D eigenvalue weighted by Gasteiger charge is 2.56. The molecule has 4 fully saturated rings. The second-order valence-corrected chi connectivity index (χ2v) is 10.5. The third-order valence-electron chi connectivity index (χ3n) is 8.47. The number of urea groups is 1. The molecule has 2 aliphatic carbocycles. The second kappa shape index (κ2) is 8.56. The van der Waals surface area contributed by atoms with Crippen molar-refractivity contribution in [1.29, 1.82) is 0 Å². The Morgan fingerprint density at radius 2 is 1.82 bits per heavy atom. The number of benzene rings is 1. The maximum atomic E-state index is 13.5. The molecule has 0 unspecified atom stereocenters. The zero-order chi connectivity index (χ0) is 23.1. The summed E-state index contributed by atoms with van der Waals surface area (Å²) in [5, 5.41) is 17.5. The average Bonchev–Trinajstić information content (AvgIpc) is 3.02. The van der Waals surface area contributed by atoms with E-state index in [1.807, 2.05) is 18.0 Å². The quantitative estimate of drug-likeness (QED) is 0.579. The van der Waals surface area contributed by atoms with Crippen LogP contribution in [0.5, 0.6) is 0 Å². The van der Waals surface area contributed by atoms with E-state index in [1.54, 1.807) is 4.90 Å². The standard InChI is InChI=1S/C25H36N4O4/c1-26-25(19-6-3-2-4-7-19)12-10-23(11-13-25)17-28(14-21(30)27-20-15-33-16-20)22(31)29(23)18-24(32)8-5-9-24/h2-4,6-7,20,26,32H,5,8-18H2,1H3,(H,27,30)/t23-,25-. The van der Waals surface area contributed by atoms with Gasteiger partial charge in [0.05, 0.1) is 36.9 Å². The van der Waals surface area contributed by atoms with Gasteiger partial charge in [-0.3, -0.25) is 4.79 Å². The number of carbonyl (C=O) groups excluding carboxylic acids is 2. The van der Waals surface area contributed by atoms with E-state index in [0.717, 1.165) is 44.9 Å². The molecule has 0 radical (unpaired) electrons. The molecule has 180 valence electrons. The van der Waals surface area contributed by atoms with Crippen molar-refractivity contribution in [3.05, 3.63) is 35.9 Å². The zero-order valence-electron chi connectivity index (χ0n) is 19.5. The van der Waals surface area contributed by atoms with Crippen molar-refractivity contribution >= 4 is 11.9 Å². The van der Waals surface area contributed by atoms with E-state index in [1.165, 1.54) is 5.56 Å². The van der Waals surface area contributed by atoms with Gasteiger partial charge in [-0.25, -0.2) is 4.79 Å². The van der Waals surface area contributed by atoms with Crippen LogP contribution in [0.3, 0.4) is 0 Å². The number of hydrogen-bond donors (Lipinski definition) is 3. The number of aliphatic hydroxyl groups is 1. The highest BCUT2D eigenvalue weighted by Crippen LogP contribution is 2.48. The van der Waals surface area contributed by atoms with Gasteiger partial charge in [-0.05, 0) is 57.6 Å². The lowest BCUT2D eigenvalue weighted by atomic mass is 9.68. The molecule has 3 amide bonds. The number of ether oxygens (including phenoxy) is 1. The van der Waals surface area contributed by atoms with Crippen LogP contribution in [0.1, 0.15) is 50.5 Å². The van der Waals surface area contributed by atoms with Crippen LogP contribution < -0.4 is 10.6 Å². The molecule has 33 heavy (non-hydrogen) atoms. The van der Waals surface area contributed by atoms with Crippen LogP contribution in [0.2, 0.25) is 0 Å². The fourth-order valence-corrected chi connectivity index (χ4v) is 6.05. The van der Waals surface area contributed by atoms with Crippen molar-refractivity contribution in [3.63, 3.8) is 0 Å². The fraction of sp³-hybridized carbons (Fsp3) is 0.680. The van der Waals surface area contributed by atoms with E-state index in [4.69, 9.17) is 4.74 Å². The lowest BCUT2D eigenvalue weighted by Crippen LogP contribution is -2.59. The molecule has 4 aliphatic rings. The average molecular weight is 457 g/mol. The largest absolute Gasteiger partial charge is 0.388 e. The topological polar surface area (TPSA) is 94.1 Å². The third kappa shape index (κ3) is 4.13. The highest BCUT2D eigenvalue weighted by molar-refractivity contribution is 5.86. The summed E-state index contributed by atoms with van der Waals surface area (Å²) >= 11 is 0. The van der Waals surface area contributed by atoms with Crippen LogP contribution in [0.15, 0.2) is 30.3 Å². The number of amides is 3. The van der Waals surface area contributed by atoms with Crippen LogP contribution in [-0.2, 0) is 15.1 Å². The number of carbonyl (C=O) groups is 2. The Hall–Kier alpha value is -2.16. The van der Waals surface area contributed by atoms with Crippen LogP contribution in [0.4, 0.5) is 4.79 Å². The summed E-state index contributed by atoms with van der Waals surface area (Å²) in [7, 11) is 2.01. The van der Waals surface area contributed by atoms with Gasteiger partial charge >= 0.3 is 6.03 Å². The number of rotatable bonds is 7. The Labute approximate surface area is 195 Å². The Bertz CT molecular complexity index is 876. The summed E-state index contributed by atoms with van der Waals surface area (Å²) in [6.45, 7) is 2.02. The van der Waals surface area contributed by atoms with Crippen molar-refractivity contribution in [2.24, 2.45) is 0 Å². The maximum absolute atomic E-state index is 13.5. The number of hydrogen-bond acceptors (Lipinski definition) is 5. The summed E-state index contributed by atoms with van der Waals surface area (Å²) in [6.07, 6.45) is 5.93. The van der Waals surface area contributed by atoms with Crippen molar-refractivity contribution in [1.82, 2.24) is 20.4 Å². The smallest absolute Gasteiger partial charge is 0.321 e. The summed E-state index contributed by atoms with van der Waals surface area (Å²) in [4.78, 5) is 29.7. The maximum Gasteiger partial charge on any atom is 0.321 e. The lowest BCUT2D eigenvalue weighted by molar-refractivity contribution is -0.125. The minimum atomic E-state index is -0.791. The Balaban J connectivity index is 1.34. The number of β-amino-alcohol motifs (C(OH)–C–C–N with tert-alkyl or cyclic N) is 1. The minimum absolute atomic E-state index is 0.0488. The summed E-state index contributed by atoms with van der Waals surface area (Å²) in [5.74, 6) is -0.138. The molecule has 0 bridgehead atoms. The van der Waals surface area contributed by atoms with Crippen molar-refractivity contribution in [2.45, 2.75) is 67.7 Å². The lowest BCUT2D eigenvalue weighted by Gasteiger charge is -2.50.